The molecule has 3 rings (SSSR count). The molecule has 1 amide bonds. The van der Waals surface area contributed by atoms with E-state index in [2.05, 4.69) is 33.4 Å². The second-order valence-electron chi connectivity index (χ2n) is 5.46. The Morgan fingerprint density at radius 3 is 2.76 bits per heavy atom. The number of carbonyl (C=O) groups is 1. The second kappa shape index (κ2) is 5.53. The monoisotopic (exact) mass is 344 g/mol. The van der Waals surface area contributed by atoms with E-state index >= 15 is 0 Å². The van der Waals surface area contributed by atoms with E-state index in [0.717, 1.165) is 28.6 Å². The number of anilines is 2. The highest BCUT2D eigenvalue weighted by atomic mass is 79.9. The summed E-state index contributed by atoms with van der Waals surface area (Å²) in [5.41, 5.74) is 11.5. The molecule has 0 saturated heterocycles. The largest absolute Gasteiger partial charge is 0.398 e. The molecule has 21 heavy (non-hydrogen) atoms. The van der Waals surface area contributed by atoms with E-state index < -0.39 is 0 Å². The maximum absolute atomic E-state index is 12.5. The average Bonchev–Trinajstić information content (AvgIpc) is 2.90. The smallest absolute Gasteiger partial charge is 0.256 e. The minimum absolute atomic E-state index is 0.126. The van der Waals surface area contributed by atoms with E-state index in [9.17, 15) is 4.79 Å². The van der Waals surface area contributed by atoms with Crippen LogP contribution in [0.4, 0.5) is 11.4 Å². The molecular formula is C17H17BrN2O. The molecule has 0 radical (unpaired) electrons. The van der Waals surface area contributed by atoms with E-state index in [-0.39, 0.29) is 5.91 Å². The highest BCUT2D eigenvalue weighted by Crippen LogP contribution is 2.27. The molecule has 0 heterocycles. The number of halogens is 1. The van der Waals surface area contributed by atoms with Gasteiger partial charge >= 0.3 is 0 Å². The van der Waals surface area contributed by atoms with Gasteiger partial charge in [-0.3, -0.25) is 4.79 Å². The fraction of sp³-hybridized carbons (Fsp3) is 0.235. The Bertz CT molecular complexity index is 725. The molecule has 0 fully saturated rings. The van der Waals surface area contributed by atoms with Gasteiger partial charge in [0.05, 0.1) is 0 Å². The van der Waals surface area contributed by atoms with Crippen molar-refractivity contribution in [3.8, 4) is 0 Å². The molecule has 4 heteroatoms. The summed E-state index contributed by atoms with van der Waals surface area (Å²) >= 11 is 3.38. The van der Waals surface area contributed by atoms with Crippen LogP contribution in [0.15, 0.2) is 34.8 Å². The van der Waals surface area contributed by atoms with Crippen LogP contribution in [-0.2, 0) is 12.8 Å². The molecule has 0 unspecified atom stereocenters. The molecule has 108 valence electrons. The zero-order valence-electron chi connectivity index (χ0n) is 11.9. The number of nitrogens with two attached hydrogens (primary N) is 1. The van der Waals surface area contributed by atoms with Crippen molar-refractivity contribution in [3.05, 3.63) is 57.1 Å². The number of rotatable bonds is 2. The van der Waals surface area contributed by atoms with Crippen LogP contribution in [0.25, 0.3) is 0 Å². The second-order valence-corrected chi connectivity index (χ2v) is 6.37. The van der Waals surface area contributed by atoms with E-state index in [1.54, 1.807) is 6.07 Å². The Balaban J connectivity index is 1.87. The van der Waals surface area contributed by atoms with Crippen LogP contribution in [0.1, 0.15) is 33.5 Å². The van der Waals surface area contributed by atoms with Crippen molar-refractivity contribution in [2.24, 2.45) is 0 Å². The predicted octanol–water partition coefficient (Wildman–Crippen LogP) is 4.08. The first-order valence-corrected chi connectivity index (χ1v) is 7.82. The lowest BCUT2D eigenvalue weighted by Gasteiger charge is -2.11. The standard InChI is InChI=1S/C17H17BrN2O/c1-10-15(8-13(18)9-16(10)19)17(21)20-14-6-5-11-3-2-4-12(11)7-14/h5-9H,2-4,19H2,1H3,(H,20,21). The number of hydrogen-bond donors (Lipinski definition) is 2. The third-order valence-corrected chi connectivity index (χ3v) is 4.47. The average molecular weight is 345 g/mol. The molecule has 1 aliphatic rings. The Hall–Kier alpha value is -1.81. The molecule has 2 aromatic carbocycles. The number of hydrogen-bond acceptors (Lipinski definition) is 2. The van der Waals surface area contributed by atoms with Gasteiger partial charge in [-0.2, -0.15) is 0 Å². The van der Waals surface area contributed by atoms with Gasteiger partial charge in [-0.25, -0.2) is 0 Å². The van der Waals surface area contributed by atoms with Gasteiger partial charge in [-0.1, -0.05) is 22.0 Å². The molecule has 0 bridgehead atoms. The van der Waals surface area contributed by atoms with Gasteiger partial charge in [0.25, 0.3) is 5.91 Å². The number of aryl methyl sites for hydroxylation is 2. The Kier molecular flexibility index (Phi) is 3.72. The lowest BCUT2D eigenvalue weighted by Crippen LogP contribution is -2.14. The van der Waals surface area contributed by atoms with Crippen LogP contribution in [0.5, 0.6) is 0 Å². The first kappa shape index (κ1) is 14.1. The third-order valence-electron chi connectivity index (χ3n) is 4.01. The van der Waals surface area contributed by atoms with E-state index in [0.29, 0.717) is 11.3 Å². The summed E-state index contributed by atoms with van der Waals surface area (Å²) in [5, 5.41) is 2.97. The van der Waals surface area contributed by atoms with Gasteiger partial charge in [0, 0.05) is 21.4 Å². The number of carbonyl (C=O) groups excluding carboxylic acids is 1. The molecule has 3 N–H and O–H groups in total. The summed E-state index contributed by atoms with van der Waals surface area (Å²) in [4.78, 5) is 12.5. The number of amides is 1. The van der Waals surface area contributed by atoms with Gasteiger partial charge in [0.1, 0.15) is 0 Å². The summed E-state index contributed by atoms with van der Waals surface area (Å²) in [5.74, 6) is -0.126. The first-order chi connectivity index (χ1) is 10.0. The van der Waals surface area contributed by atoms with Crippen molar-refractivity contribution in [2.45, 2.75) is 26.2 Å². The SMILES string of the molecule is Cc1c(N)cc(Br)cc1C(=O)Nc1ccc2c(c1)CCC2. The van der Waals surface area contributed by atoms with E-state index in [1.165, 1.54) is 17.5 Å². The Morgan fingerprint density at radius 2 is 1.95 bits per heavy atom. The molecule has 0 atom stereocenters. The number of fused-ring (bicyclic) bond motifs is 1. The Morgan fingerprint density at radius 1 is 1.19 bits per heavy atom. The summed E-state index contributed by atoms with van der Waals surface area (Å²) in [6.45, 7) is 1.86. The quantitative estimate of drug-likeness (QED) is 0.806. The van der Waals surface area contributed by atoms with Crippen LogP contribution in [-0.4, -0.2) is 5.91 Å². The molecule has 3 nitrogen and oxygen atoms in total. The zero-order chi connectivity index (χ0) is 15.0. The van der Waals surface area contributed by atoms with Crippen molar-refractivity contribution in [1.82, 2.24) is 0 Å². The van der Waals surface area contributed by atoms with Crippen LogP contribution in [0.3, 0.4) is 0 Å². The molecule has 0 aliphatic heterocycles. The number of benzene rings is 2. The van der Waals surface area contributed by atoms with Crippen LogP contribution >= 0.6 is 15.9 Å². The first-order valence-electron chi connectivity index (χ1n) is 7.03. The molecule has 0 aromatic heterocycles. The van der Waals surface area contributed by atoms with Gasteiger partial charge < -0.3 is 11.1 Å². The van der Waals surface area contributed by atoms with E-state index in [1.807, 2.05) is 19.1 Å². The van der Waals surface area contributed by atoms with Gasteiger partial charge in [0.15, 0.2) is 0 Å². The maximum atomic E-state index is 12.5. The van der Waals surface area contributed by atoms with Gasteiger partial charge in [-0.15, -0.1) is 0 Å². The normalized spacial score (nSPS) is 13.0. The maximum Gasteiger partial charge on any atom is 0.256 e. The lowest BCUT2D eigenvalue weighted by atomic mass is 10.1. The molecule has 0 spiro atoms. The zero-order valence-corrected chi connectivity index (χ0v) is 13.5. The Labute approximate surface area is 132 Å². The van der Waals surface area contributed by atoms with Crippen LogP contribution in [0.2, 0.25) is 0 Å². The predicted molar refractivity (Wildman–Crippen MR) is 89.7 cm³/mol. The molecule has 2 aromatic rings. The van der Waals surface area contributed by atoms with Crippen molar-refractivity contribution in [3.63, 3.8) is 0 Å². The van der Waals surface area contributed by atoms with Crippen LogP contribution < -0.4 is 11.1 Å². The summed E-state index contributed by atoms with van der Waals surface area (Å²) in [6, 6.07) is 9.77. The van der Waals surface area contributed by atoms with Gasteiger partial charge in [0.2, 0.25) is 0 Å². The van der Waals surface area contributed by atoms with Gasteiger partial charge in [-0.05, 0) is 67.1 Å². The third kappa shape index (κ3) is 2.81. The fourth-order valence-corrected chi connectivity index (χ4v) is 3.26. The summed E-state index contributed by atoms with van der Waals surface area (Å²) in [6.07, 6.45) is 3.45. The topological polar surface area (TPSA) is 55.1 Å². The molecule has 0 saturated carbocycles. The fourth-order valence-electron chi connectivity index (χ4n) is 2.78. The highest BCUT2D eigenvalue weighted by Gasteiger charge is 2.15. The van der Waals surface area contributed by atoms with Crippen molar-refractivity contribution in [2.75, 3.05) is 11.1 Å². The number of nitrogen functional groups attached to an aromatic ring is 1. The van der Waals surface area contributed by atoms with Crippen LogP contribution in [0, 0.1) is 6.92 Å². The van der Waals surface area contributed by atoms with Crippen molar-refractivity contribution in [1.29, 1.82) is 0 Å². The van der Waals surface area contributed by atoms with Crippen molar-refractivity contribution < 1.29 is 4.79 Å². The summed E-state index contributed by atoms with van der Waals surface area (Å²) in [7, 11) is 0. The highest BCUT2D eigenvalue weighted by molar-refractivity contribution is 9.10. The summed E-state index contributed by atoms with van der Waals surface area (Å²) < 4.78 is 0.810. The minimum Gasteiger partial charge on any atom is -0.398 e. The van der Waals surface area contributed by atoms with Crippen molar-refractivity contribution >= 4 is 33.2 Å². The number of nitrogens with one attached hydrogen (secondary N) is 1. The minimum atomic E-state index is -0.126. The lowest BCUT2D eigenvalue weighted by molar-refractivity contribution is 0.102. The molecular weight excluding hydrogens is 328 g/mol. The van der Waals surface area contributed by atoms with E-state index in [4.69, 9.17) is 5.73 Å². The molecule has 1 aliphatic carbocycles.